The van der Waals surface area contributed by atoms with E-state index in [4.69, 9.17) is 0 Å². The molecule has 0 aliphatic rings. The van der Waals surface area contributed by atoms with E-state index in [0.717, 1.165) is 17.6 Å². The van der Waals surface area contributed by atoms with Crippen molar-refractivity contribution >= 4 is 15.9 Å². The summed E-state index contributed by atoms with van der Waals surface area (Å²) in [5.41, 5.74) is 2.71. The van der Waals surface area contributed by atoms with E-state index in [9.17, 15) is 0 Å². The highest BCUT2D eigenvalue weighted by atomic mass is 79.9. The second kappa shape index (κ2) is 5.88. The van der Waals surface area contributed by atoms with E-state index in [1.54, 1.807) is 0 Å². The Morgan fingerprint density at radius 3 is 2.63 bits per heavy atom. The van der Waals surface area contributed by atoms with Gasteiger partial charge in [-0.3, -0.25) is 4.68 Å². The van der Waals surface area contributed by atoms with Crippen LogP contribution in [0, 0.1) is 0 Å². The van der Waals surface area contributed by atoms with Gasteiger partial charge in [-0.05, 0) is 47.8 Å². The van der Waals surface area contributed by atoms with Crippen molar-refractivity contribution in [3.63, 3.8) is 0 Å². The van der Waals surface area contributed by atoms with Crippen molar-refractivity contribution in [2.75, 3.05) is 0 Å². The maximum Gasteiger partial charge on any atom is 0.0659 e. The highest BCUT2D eigenvalue weighted by Crippen LogP contribution is 2.11. The molecule has 2 aromatic rings. The Hall–Kier alpha value is -1.13. The van der Waals surface area contributed by atoms with Gasteiger partial charge in [0.15, 0.2) is 0 Å². The second-order valence-corrected chi connectivity index (χ2v) is 6.70. The number of hydrogen-bond donors (Lipinski definition) is 1. The third kappa shape index (κ3) is 4.80. The van der Waals surface area contributed by atoms with Crippen LogP contribution in [0.3, 0.4) is 0 Å². The molecule has 0 saturated carbocycles. The van der Waals surface area contributed by atoms with Gasteiger partial charge in [-0.25, -0.2) is 0 Å². The van der Waals surface area contributed by atoms with Crippen molar-refractivity contribution in [2.45, 2.75) is 39.4 Å². The molecule has 0 unspecified atom stereocenters. The zero-order valence-corrected chi connectivity index (χ0v) is 13.2. The van der Waals surface area contributed by atoms with Crippen LogP contribution in [-0.2, 0) is 13.1 Å². The van der Waals surface area contributed by atoms with Gasteiger partial charge in [-0.15, -0.1) is 0 Å². The Labute approximate surface area is 123 Å². The van der Waals surface area contributed by atoms with E-state index in [1.165, 1.54) is 11.1 Å². The third-order valence-electron chi connectivity index (χ3n) is 2.76. The van der Waals surface area contributed by atoms with Crippen LogP contribution >= 0.6 is 15.9 Å². The van der Waals surface area contributed by atoms with E-state index in [1.807, 2.05) is 17.1 Å². The predicted octanol–water partition coefficient (Wildman–Crippen LogP) is 3.58. The summed E-state index contributed by atoms with van der Waals surface area (Å²) >= 11 is 3.41. The van der Waals surface area contributed by atoms with Gasteiger partial charge in [0.25, 0.3) is 0 Å². The summed E-state index contributed by atoms with van der Waals surface area (Å²) in [6.07, 6.45) is 3.80. The van der Waals surface area contributed by atoms with Crippen molar-refractivity contribution in [1.82, 2.24) is 15.1 Å². The molecule has 0 radical (unpaired) electrons. The lowest BCUT2D eigenvalue weighted by Crippen LogP contribution is -2.35. The van der Waals surface area contributed by atoms with Gasteiger partial charge >= 0.3 is 0 Å². The molecule has 1 aromatic heterocycles. The van der Waals surface area contributed by atoms with Crippen LogP contribution in [0.4, 0.5) is 0 Å². The topological polar surface area (TPSA) is 29.9 Å². The van der Waals surface area contributed by atoms with Crippen molar-refractivity contribution in [1.29, 1.82) is 0 Å². The Balaban J connectivity index is 2.02. The molecule has 0 saturated heterocycles. The molecule has 0 bridgehead atoms. The molecule has 0 aliphatic heterocycles. The SMILES string of the molecule is CC(C)(C)NCc1cccc(Cn2cc(Br)cn2)c1. The van der Waals surface area contributed by atoms with Crippen molar-refractivity contribution < 1.29 is 0 Å². The van der Waals surface area contributed by atoms with Crippen LogP contribution in [0.1, 0.15) is 31.9 Å². The number of benzene rings is 1. The molecule has 0 spiro atoms. The number of nitrogens with one attached hydrogen (secondary N) is 1. The first kappa shape index (κ1) is 14.3. The number of halogens is 1. The highest BCUT2D eigenvalue weighted by molar-refractivity contribution is 9.10. The minimum absolute atomic E-state index is 0.142. The molecular formula is C15H20BrN3. The zero-order valence-electron chi connectivity index (χ0n) is 11.7. The summed E-state index contributed by atoms with van der Waals surface area (Å²) in [6, 6.07) is 8.62. The summed E-state index contributed by atoms with van der Waals surface area (Å²) in [4.78, 5) is 0. The van der Waals surface area contributed by atoms with Gasteiger partial charge in [0.2, 0.25) is 0 Å². The van der Waals surface area contributed by atoms with Crippen LogP contribution in [0.5, 0.6) is 0 Å². The molecule has 1 N–H and O–H groups in total. The lowest BCUT2D eigenvalue weighted by atomic mass is 10.1. The van der Waals surface area contributed by atoms with Crippen LogP contribution in [0.25, 0.3) is 0 Å². The molecule has 0 atom stereocenters. The molecule has 1 aromatic carbocycles. The van der Waals surface area contributed by atoms with Gasteiger partial charge in [-0.2, -0.15) is 5.10 Å². The largest absolute Gasteiger partial charge is 0.308 e. The second-order valence-electron chi connectivity index (χ2n) is 5.78. The fourth-order valence-corrected chi connectivity index (χ4v) is 2.14. The Bertz CT molecular complexity index is 540. The van der Waals surface area contributed by atoms with E-state index in [2.05, 4.69) is 71.4 Å². The average Bonchev–Trinajstić information content (AvgIpc) is 2.72. The zero-order chi connectivity index (χ0) is 13.9. The minimum Gasteiger partial charge on any atom is -0.308 e. The lowest BCUT2D eigenvalue weighted by molar-refractivity contribution is 0.424. The molecule has 102 valence electrons. The van der Waals surface area contributed by atoms with Crippen molar-refractivity contribution in [3.05, 3.63) is 52.3 Å². The first-order chi connectivity index (χ1) is 8.92. The first-order valence-corrected chi connectivity index (χ1v) is 7.22. The molecule has 4 heteroatoms. The monoisotopic (exact) mass is 321 g/mol. The van der Waals surface area contributed by atoms with Gasteiger partial charge in [0.1, 0.15) is 0 Å². The van der Waals surface area contributed by atoms with E-state index >= 15 is 0 Å². The van der Waals surface area contributed by atoms with Crippen LogP contribution in [-0.4, -0.2) is 15.3 Å². The number of rotatable bonds is 4. The summed E-state index contributed by atoms with van der Waals surface area (Å²) in [6.45, 7) is 8.23. The Kier molecular flexibility index (Phi) is 4.42. The highest BCUT2D eigenvalue weighted by Gasteiger charge is 2.08. The smallest absolute Gasteiger partial charge is 0.0659 e. The molecule has 2 rings (SSSR count). The van der Waals surface area contributed by atoms with Gasteiger partial charge in [-0.1, -0.05) is 24.3 Å². The number of nitrogens with zero attached hydrogens (tertiary/aromatic N) is 2. The Morgan fingerprint density at radius 1 is 1.26 bits per heavy atom. The van der Waals surface area contributed by atoms with Gasteiger partial charge in [0, 0.05) is 18.3 Å². The summed E-state index contributed by atoms with van der Waals surface area (Å²) in [5.74, 6) is 0. The fraction of sp³-hybridized carbons (Fsp3) is 0.400. The normalized spacial score (nSPS) is 11.8. The minimum atomic E-state index is 0.142. The maximum atomic E-state index is 4.28. The Morgan fingerprint density at radius 2 is 2.00 bits per heavy atom. The maximum absolute atomic E-state index is 4.28. The van der Waals surface area contributed by atoms with Gasteiger partial charge in [0.05, 0.1) is 17.2 Å². The first-order valence-electron chi connectivity index (χ1n) is 6.43. The molecule has 0 amide bonds. The molecule has 19 heavy (non-hydrogen) atoms. The van der Waals surface area contributed by atoms with Crippen molar-refractivity contribution in [2.24, 2.45) is 0 Å². The molecule has 0 aliphatic carbocycles. The standard InChI is InChI=1S/C15H20BrN3/c1-15(2,3)17-8-12-5-4-6-13(7-12)10-19-11-14(16)9-18-19/h4-7,9,11,17H,8,10H2,1-3H3. The summed E-state index contributed by atoms with van der Waals surface area (Å²) < 4.78 is 2.94. The van der Waals surface area contributed by atoms with Crippen LogP contribution < -0.4 is 5.32 Å². The molecular weight excluding hydrogens is 302 g/mol. The summed E-state index contributed by atoms with van der Waals surface area (Å²) in [5, 5.41) is 7.78. The van der Waals surface area contributed by atoms with Crippen LogP contribution in [0.2, 0.25) is 0 Å². The van der Waals surface area contributed by atoms with E-state index < -0.39 is 0 Å². The van der Waals surface area contributed by atoms with Crippen LogP contribution in [0.15, 0.2) is 41.1 Å². The average molecular weight is 322 g/mol. The third-order valence-corrected chi connectivity index (χ3v) is 3.17. The lowest BCUT2D eigenvalue weighted by Gasteiger charge is -2.20. The quantitative estimate of drug-likeness (QED) is 0.932. The van der Waals surface area contributed by atoms with E-state index in [-0.39, 0.29) is 5.54 Å². The number of hydrogen-bond acceptors (Lipinski definition) is 2. The fourth-order valence-electron chi connectivity index (χ4n) is 1.82. The molecule has 0 fully saturated rings. The molecule has 3 nitrogen and oxygen atoms in total. The molecule has 1 heterocycles. The van der Waals surface area contributed by atoms with Crippen molar-refractivity contribution in [3.8, 4) is 0 Å². The predicted molar refractivity (Wildman–Crippen MR) is 82.1 cm³/mol. The summed E-state index contributed by atoms with van der Waals surface area (Å²) in [7, 11) is 0. The van der Waals surface area contributed by atoms with Gasteiger partial charge < -0.3 is 5.32 Å². The van der Waals surface area contributed by atoms with E-state index in [0.29, 0.717) is 0 Å². The number of aromatic nitrogens is 2.